The third kappa shape index (κ3) is 3.72. The predicted octanol–water partition coefficient (Wildman–Crippen LogP) is 3.08. The van der Waals surface area contributed by atoms with E-state index in [1.165, 1.54) is 19.3 Å². The summed E-state index contributed by atoms with van der Waals surface area (Å²) < 4.78 is 10.9. The van der Waals surface area contributed by atoms with Gasteiger partial charge in [-0.3, -0.25) is 0 Å². The van der Waals surface area contributed by atoms with Crippen molar-refractivity contribution in [1.29, 1.82) is 0 Å². The van der Waals surface area contributed by atoms with Crippen LogP contribution in [0.4, 0.5) is 0 Å². The van der Waals surface area contributed by atoms with Gasteiger partial charge >= 0.3 is 0 Å². The Balaban J connectivity index is 1.84. The Hall–Kier alpha value is -1.06. The molecule has 1 fully saturated rings. The van der Waals surface area contributed by atoms with E-state index in [0.717, 1.165) is 24.2 Å². The van der Waals surface area contributed by atoms with Crippen molar-refractivity contribution in [3.63, 3.8) is 0 Å². The van der Waals surface area contributed by atoms with E-state index in [2.05, 4.69) is 0 Å². The van der Waals surface area contributed by atoms with Crippen molar-refractivity contribution >= 4 is 0 Å². The zero-order valence-corrected chi connectivity index (χ0v) is 11.0. The minimum Gasteiger partial charge on any atom is -0.497 e. The number of benzene rings is 1. The molecule has 0 aromatic heterocycles. The van der Waals surface area contributed by atoms with Crippen molar-refractivity contribution in [3.8, 4) is 5.75 Å². The molecule has 0 heterocycles. The third-order valence-corrected chi connectivity index (χ3v) is 3.52. The number of aliphatic hydroxyl groups is 1. The molecule has 1 unspecified atom stereocenters. The lowest BCUT2D eigenvalue weighted by atomic mass is 9.98. The fourth-order valence-corrected chi connectivity index (χ4v) is 2.40. The lowest BCUT2D eigenvalue weighted by Crippen LogP contribution is -2.20. The second-order valence-electron chi connectivity index (χ2n) is 4.89. The van der Waals surface area contributed by atoms with Crippen LogP contribution >= 0.6 is 0 Å². The van der Waals surface area contributed by atoms with Crippen LogP contribution in [-0.4, -0.2) is 24.9 Å². The molecule has 100 valence electrons. The molecule has 0 spiro atoms. The topological polar surface area (TPSA) is 38.7 Å². The third-order valence-electron chi connectivity index (χ3n) is 3.52. The summed E-state index contributed by atoms with van der Waals surface area (Å²) in [4.78, 5) is 0. The molecule has 18 heavy (non-hydrogen) atoms. The fraction of sp³-hybridized carbons (Fsp3) is 0.600. The Labute approximate surface area is 109 Å². The first kappa shape index (κ1) is 13.4. The van der Waals surface area contributed by atoms with Gasteiger partial charge in [0.15, 0.2) is 0 Å². The lowest BCUT2D eigenvalue weighted by Gasteiger charge is -2.23. The van der Waals surface area contributed by atoms with Crippen molar-refractivity contribution in [2.75, 3.05) is 13.7 Å². The molecule has 1 N–H and O–H groups in total. The minimum atomic E-state index is -0.568. The summed E-state index contributed by atoms with van der Waals surface area (Å²) >= 11 is 0. The number of aliphatic hydroxyl groups excluding tert-OH is 1. The van der Waals surface area contributed by atoms with E-state index in [1.54, 1.807) is 7.11 Å². The van der Waals surface area contributed by atoms with Crippen LogP contribution in [0.3, 0.4) is 0 Å². The molecule has 0 bridgehead atoms. The number of methoxy groups -OCH3 is 1. The Morgan fingerprint density at radius 2 is 2.06 bits per heavy atom. The van der Waals surface area contributed by atoms with Crippen molar-refractivity contribution < 1.29 is 14.6 Å². The molecule has 3 nitrogen and oxygen atoms in total. The fourth-order valence-electron chi connectivity index (χ4n) is 2.40. The van der Waals surface area contributed by atoms with Gasteiger partial charge in [0.05, 0.1) is 19.8 Å². The quantitative estimate of drug-likeness (QED) is 0.872. The second kappa shape index (κ2) is 6.76. The molecular weight excluding hydrogens is 228 g/mol. The summed E-state index contributed by atoms with van der Waals surface area (Å²) in [7, 11) is 1.63. The Morgan fingerprint density at radius 1 is 1.28 bits per heavy atom. The molecule has 1 aromatic carbocycles. The van der Waals surface area contributed by atoms with Crippen LogP contribution < -0.4 is 4.74 Å². The maximum atomic E-state index is 10.1. The molecule has 1 aliphatic carbocycles. The molecule has 3 heteroatoms. The van der Waals surface area contributed by atoms with E-state index in [4.69, 9.17) is 9.47 Å². The van der Waals surface area contributed by atoms with E-state index in [9.17, 15) is 5.11 Å². The normalized spacial score (nSPS) is 18.6. The Morgan fingerprint density at radius 3 is 2.78 bits per heavy atom. The van der Waals surface area contributed by atoms with Gasteiger partial charge in [-0.1, -0.05) is 31.4 Å². The van der Waals surface area contributed by atoms with Crippen LogP contribution in [0.25, 0.3) is 0 Å². The largest absolute Gasteiger partial charge is 0.497 e. The van der Waals surface area contributed by atoms with Gasteiger partial charge in [-0.15, -0.1) is 0 Å². The average molecular weight is 250 g/mol. The average Bonchev–Trinajstić information content (AvgIpc) is 2.46. The number of ether oxygens (including phenoxy) is 2. The Bertz CT molecular complexity index is 359. The van der Waals surface area contributed by atoms with Crippen molar-refractivity contribution in [3.05, 3.63) is 29.8 Å². The first-order chi connectivity index (χ1) is 8.79. The summed E-state index contributed by atoms with van der Waals surface area (Å²) in [5.41, 5.74) is 0.852. The maximum absolute atomic E-state index is 10.1. The van der Waals surface area contributed by atoms with Gasteiger partial charge < -0.3 is 14.6 Å². The van der Waals surface area contributed by atoms with Crippen LogP contribution in [0.5, 0.6) is 5.75 Å². The van der Waals surface area contributed by atoms with E-state index in [1.807, 2.05) is 24.3 Å². The highest BCUT2D eigenvalue weighted by Gasteiger charge is 2.16. The van der Waals surface area contributed by atoms with Crippen LogP contribution in [-0.2, 0) is 4.74 Å². The van der Waals surface area contributed by atoms with Crippen molar-refractivity contribution in [1.82, 2.24) is 0 Å². The molecule has 1 atom stereocenters. The number of hydrogen-bond acceptors (Lipinski definition) is 3. The highest BCUT2D eigenvalue weighted by molar-refractivity contribution is 5.29. The number of hydrogen-bond donors (Lipinski definition) is 1. The summed E-state index contributed by atoms with van der Waals surface area (Å²) in [6, 6.07) is 7.52. The minimum absolute atomic E-state index is 0.332. The van der Waals surface area contributed by atoms with Gasteiger partial charge in [0.1, 0.15) is 11.9 Å². The molecule has 1 saturated carbocycles. The first-order valence-electron chi connectivity index (χ1n) is 6.73. The monoisotopic (exact) mass is 250 g/mol. The summed E-state index contributed by atoms with van der Waals surface area (Å²) in [5, 5.41) is 10.1. The van der Waals surface area contributed by atoms with Crippen LogP contribution in [0.2, 0.25) is 0 Å². The Kier molecular flexibility index (Phi) is 5.02. The van der Waals surface area contributed by atoms with Crippen LogP contribution in [0, 0.1) is 0 Å². The molecule has 1 aromatic rings. The van der Waals surface area contributed by atoms with Crippen molar-refractivity contribution in [2.45, 2.75) is 44.3 Å². The van der Waals surface area contributed by atoms with Gasteiger partial charge in [0.2, 0.25) is 0 Å². The van der Waals surface area contributed by atoms with E-state index < -0.39 is 6.10 Å². The van der Waals surface area contributed by atoms with Crippen LogP contribution in [0.1, 0.15) is 43.8 Å². The summed E-state index contributed by atoms with van der Waals surface area (Å²) in [6.45, 7) is 0.373. The van der Waals surface area contributed by atoms with Gasteiger partial charge in [0.25, 0.3) is 0 Å². The lowest BCUT2D eigenvalue weighted by molar-refractivity contribution is -0.0246. The standard InChI is InChI=1S/C15H22O3/c1-17-14-9-5-6-12(10-14)15(16)11-18-13-7-3-2-4-8-13/h5-6,9-10,13,15-16H,2-4,7-8,11H2,1H3. The summed E-state index contributed by atoms with van der Waals surface area (Å²) in [5.74, 6) is 0.768. The van der Waals surface area contributed by atoms with Crippen LogP contribution in [0.15, 0.2) is 24.3 Å². The van der Waals surface area contributed by atoms with Gasteiger partial charge in [-0.2, -0.15) is 0 Å². The zero-order chi connectivity index (χ0) is 12.8. The molecular formula is C15H22O3. The number of rotatable bonds is 5. The highest BCUT2D eigenvalue weighted by Crippen LogP contribution is 2.23. The molecule has 0 radical (unpaired) electrons. The zero-order valence-electron chi connectivity index (χ0n) is 11.0. The molecule has 1 aliphatic rings. The van der Waals surface area contributed by atoms with Gasteiger partial charge in [0, 0.05) is 0 Å². The van der Waals surface area contributed by atoms with E-state index in [-0.39, 0.29) is 0 Å². The molecule has 0 amide bonds. The van der Waals surface area contributed by atoms with E-state index >= 15 is 0 Å². The molecule has 0 aliphatic heterocycles. The smallest absolute Gasteiger partial charge is 0.119 e. The highest BCUT2D eigenvalue weighted by atomic mass is 16.5. The van der Waals surface area contributed by atoms with Gasteiger partial charge in [-0.25, -0.2) is 0 Å². The predicted molar refractivity (Wildman–Crippen MR) is 70.8 cm³/mol. The second-order valence-corrected chi connectivity index (χ2v) is 4.89. The maximum Gasteiger partial charge on any atom is 0.119 e. The molecule has 0 saturated heterocycles. The SMILES string of the molecule is COc1cccc(C(O)COC2CCCCC2)c1. The van der Waals surface area contributed by atoms with Crippen molar-refractivity contribution in [2.24, 2.45) is 0 Å². The van der Waals surface area contributed by atoms with Gasteiger partial charge in [-0.05, 0) is 30.5 Å². The summed E-state index contributed by atoms with van der Waals surface area (Å²) in [6.07, 6.45) is 5.84. The van der Waals surface area contributed by atoms with E-state index in [0.29, 0.717) is 12.7 Å². The first-order valence-corrected chi connectivity index (χ1v) is 6.73. The molecule has 2 rings (SSSR count).